The average molecular weight is 550 g/mol. The number of carbonyl (C=O) groups excluding carboxylic acids is 3. The van der Waals surface area contributed by atoms with Gasteiger partial charge in [0.05, 0.1) is 5.69 Å². The second kappa shape index (κ2) is 11.3. The number of piperidine rings is 1. The second-order valence-electron chi connectivity index (χ2n) is 9.86. The third kappa shape index (κ3) is 6.65. The van der Waals surface area contributed by atoms with Crippen molar-refractivity contribution in [3.05, 3.63) is 48.2 Å². The van der Waals surface area contributed by atoms with Gasteiger partial charge in [0.15, 0.2) is 0 Å². The van der Waals surface area contributed by atoms with E-state index in [9.17, 15) is 27.6 Å². The lowest BCUT2D eigenvalue weighted by Crippen LogP contribution is -2.43. The number of likely N-dealkylation sites (tertiary alicyclic amines) is 1. The summed E-state index contributed by atoms with van der Waals surface area (Å²) in [4.78, 5) is 47.7. The van der Waals surface area contributed by atoms with Crippen molar-refractivity contribution < 1.29 is 27.6 Å². The van der Waals surface area contributed by atoms with Crippen molar-refractivity contribution in [3.8, 4) is 0 Å². The van der Waals surface area contributed by atoms with Crippen molar-refractivity contribution in [1.82, 2.24) is 14.8 Å². The number of hydrogen-bond acceptors (Lipinski definition) is 6. The number of amides is 4. The minimum absolute atomic E-state index is 0.0428. The molecule has 204 valence electrons. The second-order valence-corrected chi connectivity index (χ2v) is 11.0. The van der Waals surface area contributed by atoms with Gasteiger partial charge in [0.2, 0.25) is 5.91 Å². The van der Waals surface area contributed by atoms with Crippen LogP contribution in [0, 0.1) is 0 Å². The van der Waals surface area contributed by atoms with Crippen LogP contribution in [-0.2, 0) is 16.1 Å². The van der Waals surface area contributed by atoms with Crippen LogP contribution in [0.15, 0.2) is 47.5 Å². The smallest absolute Gasteiger partial charge is 0.311 e. The number of aromatic nitrogens is 1. The predicted octanol–water partition coefficient (Wildman–Crippen LogP) is 5.26. The summed E-state index contributed by atoms with van der Waals surface area (Å²) >= 11 is -0.266. The minimum atomic E-state index is -4.43. The molecule has 0 radical (unpaired) electrons. The van der Waals surface area contributed by atoms with Gasteiger partial charge in [0, 0.05) is 30.6 Å². The molecule has 0 aliphatic carbocycles. The summed E-state index contributed by atoms with van der Waals surface area (Å²) in [6.45, 7) is 6.02. The largest absolute Gasteiger partial charge is 0.446 e. The number of imide groups is 1. The van der Waals surface area contributed by atoms with Crippen molar-refractivity contribution in [2.24, 2.45) is 0 Å². The van der Waals surface area contributed by atoms with Gasteiger partial charge in [-0.2, -0.15) is 13.2 Å². The van der Waals surface area contributed by atoms with Crippen LogP contribution in [0.4, 0.5) is 29.5 Å². The normalized spacial score (nSPS) is 18.2. The molecule has 4 amide bonds. The SMILES string of the molecule is CC1(C)C(=O)N(c2ccc(SC(F)(F)F)cc2)C(=O)N1Cc1ccnc(NC(=O)CCN2CCCCC2)c1. The highest BCUT2D eigenvalue weighted by Gasteiger charge is 2.51. The number of alkyl halides is 3. The molecule has 1 aromatic heterocycles. The molecule has 2 fully saturated rings. The van der Waals surface area contributed by atoms with E-state index in [0.29, 0.717) is 24.3 Å². The highest BCUT2D eigenvalue weighted by molar-refractivity contribution is 8.00. The van der Waals surface area contributed by atoms with Crippen LogP contribution in [-0.4, -0.2) is 63.3 Å². The van der Waals surface area contributed by atoms with E-state index in [1.807, 2.05) is 0 Å². The first-order chi connectivity index (χ1) is 17.9. The van der Waals surface area contributed by atoms with Crippen LogP contribution in [0.2, 0.25) is 0 Å². The Kier molecular flexibility index (Phi) is 8.31. The summed E-state index contributed by atoms with van der Waals surface area (Å²) in [6, 6.07) is 7.89. The number of hydrogen-bond donors (Lipinski definition) is 1. The standard InChI is InChI=1S/C26H30F3N5O3S/c1-25(2)23(36)34(19-6-8-20(9-7-19)38-26(27,28)29)24(37)33(25)17-18-10-12-30-21(16-18)31-22(35)11-15-32-13-4-3-5-14-32/h6-10,12,16H,3-5,11,13-15,17H2,1-2H3,(H,30,31,35). The molecule has 2 saturated heterocycles. The van der Waals surface area contributed by atoms with E-state index >= 15 is 0 Å². The summed E-state index contributed by atoms with van der Waals surface area (Å²) in [5.41, 5.74) is -4.77. The van der Waals surface area contributed by atoms with Crippen LogP contribution in [0.5, 0.6) is 0 Å². The Labute approximate surface area is 223 Å². The molecular weight excluding hydrogens is 519 g/mol. The van der Waals surface area contributed by atoms with Gasteiger partial charge < -0.3 is 15.1 Å². The molecule has 1 N–H and O–H groups in total. The Bertz CT molecular complexity index is 1180. The van der Waals surface area contributed by atoms with Crippen LogP contribution < -0.4 is 10.2 Å². The van der Waals surface area contributed by atoms with E-state index in [1.54, 1.807) is 26.0 Å². The maximum absolute atomic E-state index is 13.3. The van der Waals surface area contributed by atoms with E-state index in [-0.39, 0.29) is 34.8 Å². The molecule has 0 saturated carbocycles. The number of halogens is 3. The molecule has 8 nitrogen and oxygen atoms in total. The summed E-state index contributed by atoms with van der Waals surface area (Å²) in [5, 5.41) is 2.80. The first-order valence-corrected chi connectivity index (χ1v) is 13.2. The topological polar surface area (TPSA) is 85.9 Å². The lowest BCUT2D eigenvalue weighted by Gasteiger charge is -2.27. The fourth-order valence-electron chi connectivity index (χ4n) is 4.60. The van der Waals surface area contributed by atoms with E-state index < -0.39 is 23.0 Å². The Morgan fingerprint density at radius 1 is 1.08 bits per heavy atom. The molecule has 2 aliphatic heterocycles. The maximum Gasteiger partial charge on any atom is 0.446 e. The summed E-state index contributed by atoms with van der Waals surface area (Å²) in [6.07, 6.45) is 5.41. The number of carbonyl (C=O) groups is 3. The van der Waals surface area contributed by atoms with Crippen LogP contribution in [0.1, 0.15) is 45.1 Å². The molecule has 4 rings (SSSR count). The number of pyridine rings is 1. The fraction of sp³-hybridized carbons (Fsp3) is 0.462. The number of rotatable bonds is 8. The fourth-order valence-corrected chi connectivity index (χ4v) is 5.14. The van der Waals surface area contributed by atoms with Crippen molar-refractivity contribution in [1.29, 1.82) is 0 Å². The first-order valence-electron chi connectivity index (χ1n) is 12.4. The van der Waals surface area contributed by atoms with Gasteiger partial charge in [-0.25, -0.2) is 14.7 Å². The molecule has 0 unspecified atom stereocenters. The quantitative estimate of drug-likeness (QED) is 0.357. The Morgan fingerprint density at radius 3 is 2.42 bits per heavy atom. The van der Waals surface area contributed by atoms with Gasteiger partial charge in [-0.15, -0.1) is 0 Å². The maximum atomic E-state index is 13.3. The molecule has 12 heteroatoms. The zero-order chi connectivity index (χ0) is 27.5. The predicted molar refractivity (Wildman–Crippen MR) is 139 cm³/mol. The first kappa shape index (κ1) is 27.9. The van der Waals surface area contributed by atoms with Crippen molar-refractivity contribution in [2.45, 2.75) is 62.0 Å². The lowest BCUT2D eigenvalue weighted by molar-refractivity contribution is -0.123. The summed E-state index contributed by atoms with van der Waals surface area (Å²) < 4.78 is 37.9. The highest BCUT2D eigenvalue weighted by Crippen LogP contribution is 2.39. The van der Waals surface area contributed by atoms with E-state index in [4.69, 9.17) is 0 Å². The van der Waals surface area contributed by atoms with E-state index in [0.717, 1.165) is 30.8 Å². The van der Waals surface area contributed by atoms with Crippen LogP contribution in [0.25, 0.3) is 0 Å². The van der Waals surface area contributed by atoms with Crippen LogP contribution >= 0.6 is 11.8 Å². The van der Waals surface area contributed by atoms with Crippen molar-refractivity contribution >= 4 is 41.1 Å². The van der Waals surface area contributed by atoms with Crippen molar-refractivity contribution in [3.63, 3.8) is 0 Å². The van der Waals surface area contributed by atoms with E-state index in [1.165, 1.54) is 41.8 Å². The number of thioether (sulfide) groups is 1. The Morgan fingerprint density at radius 2 is 1.76 bits per heavy atom. The molecule has 1 aromatic carbocycles. The monoisotopic (exact) mass is 549 g/mol. The van der Waals surface area contributed by atoms with Crippen molar-refractivity contribution in [2.75, 3.05) is 29.9 Å². The molecular formula is C26H30F3N5O3S. The summed E-state index contributed by atoms with van der Waals surface area (Å²) in [7, 11) is 0. The molecule has 0 atom stereocenters. The summed E-state index contributed by atoms with van der Waals surface area (Å²) in [5.74, 6) is -0.276. The molecule has 2 aliphatic rings. The molecule has 38 heavy (non-hydrogen) atoms. The Balaban J connectivity index is 1.42. The number of urea groups is 1. The van der Waals surface area contributed by atoms with Gasteiger partial charge in [0.25, 0.3) is 5.91 Å². The van der Waals surface area contributed by atoms with Gasteiger partial charge in [-0.3, -0.25) is 9.59 Å². The molecule has 2 aromatic rings. The third-order valence-electron chi connectivity index (χ3n) is 6.69. The highest BCUT2D eigenvalue weighted by atomic mass is 32.2. The van der Waals surface area contributed by atoms with Gasteiger partial charge >= 0.3 is 11.5 Å². The average Bonchev–Trinajstić information content (AvgIpc) is 3.02. The number of anilines is 2. The minimum Gasteiger partial charge on any atom is -0.311 e. The number of nitrogens with zero attached hydrogens (tertiary/aromatic N) is 4. The number of benzene rings is 1. The number of nitrogens with one attached hydrogen (secondary N) is 1. The Hall–Kier alpha value is -3.12. The lowest BCUT2D eigenvalue weighted by atomic mass is 10.0. The zero-order valence-corrected chi connectivity index (χ0v) is 22.1. The van der Waals surface area contributed by atoms with Crippen LogP contribution in [0.3, 0.4) is 0 Å². The van der Waals surface area contributed by atoms with Gasteiger partial charge in [-0.1, -0.05) is 6.42 Å². The molecule has 0 spiro atoms. The molecule has 3 heterocycles. The van der Waals surface area contributed by atoms with E-state index in [2.05, 4.69) is 15.2 Å². The van der Waals surface area contributed by atoms with Gasteiger partial charge in [-0.05, 0) is 93.5 Å². The van der Waals surface area contributed by atoms with Gasteiger partial charge in [0.1, 0.15) is 11.4 Å². The third-order valence-corrected chi connectivity index (χ3v) is 7.43. The molecule has 0 bridgehead atoms. The zero-order valence-electron chi connectivity index (χ0n) is 21.3.